The normalized spacial score (nSPS) is 10.1. The summed E-state index contributed by atoms with van der Waals surface area (Å²) in [5.41, 5.74) is 0.553. The van der Waals surface area contributed by atoms with Gasteiger partial charge in [0, 0.05) is 5.56 Å². The van der Waals surface area contributed by atoms with Crippen molar-refractivity contribution in [1.82, 2.24) is 10.1 Å². The molecule has 1 aromatic carbocycles. The second-order valence-corrected chi connectivity index (χ2v) is 2.60. The van der Waals surface area contributed by atoms with Crippen LogP contribution in [0.25, 0.3) is 11.4 Å². The van der Waals surface area contributed by atoms with Crippen LogP contribution in [0, 0.1) is 5.82 Å². The molecule has 0 bridgehead atoms. The fourth-order valence-electron chi connectivity index (χ4n) is 1.10. The highest BCUT2D eigenvalue weighted by atomic mass is 19.1. The summed E-state index contributed by atoms with van der Waals surface area (Å²) in [5, 5.41) is 3.59. The molecule has 0 N–H and O–H groups in total. The van der Waals surface area contributed by atoms with Crippen LogP contribution in [-0.4, -0.2) is 17.3 Å². The molecule has 0 radical (unpaired) electrons. The first-order chi connectivity index (χ1) is 6.81. The van der Waals surface area contributed by atoms with Gasteiger partial charge in [-0.2, -0.15) is 4.98 Å². The van der Waals surface area contributed by atoms with E-state index in [9.17, 15) is 4.39 Å². The van der Waals surface area contributed by atoms with E-state index >= 15 is 0 Å². The summed E-state index contributed by atoms with van der Waals surface area (Å²) in [4.78, 5) is 3.80. The number of methoxy groups -OCH3 is 1. The van der Waals surface area contributed by atoms with Crippen molar-refractivity contribution < 1.29 is 13.7 Å². The molecule has 5 heteroatoms. The largest absolute Gasteiger partial charge is 0.494 e. The Balaban J connectivity index is 2.43. The van der Waals surface area contributed by atoms with Gasteiger partial charge in [-0.25, -0.2) is 4.39 Å². The van der Waals surface area contributed by atoms with Crippen LogP contribution in [0.3, 0.4) is 0 Å². The number of halogens is 1. The fourth-order valence-corrected chi connectivity index (χ4v) is 1.10. The monoisotopic (exact) mass is 194 g/mol. The van der Waals surface area contributed by atoms with Crippen LogP contribution in [0.2, 0.25) is 0 Å². The zero-order chi connectivity index (χ0) is 9.97. The molecule has 0 fully saturated rings. The summed E-state index contributed by atoms with van der Waals surface area (Å²) < 4.78 is 22.6. The lowest BCUT2D eigenvalue weighted by molar-refractivity contribution is 0.386. The summed E-state index contributed by atoms with van der Waals surface area (Å²) in [6.07, 6.45) is 1.19. The standard InChI is InChI=1S/C9H7FN2O2/c1-13-8-3-2-6(4-7(8)10)9-11-5-14-12-9/h2-5H,1H3. The highest BCUT2D eigenvalue weighted by molar-refractivity contribution is 5.55. The van der Waals surface area contributed by atoms with Gasteiger partial charge in [-0.15, -0.1) is 0 Å². The van der Waals surface area contributed by atoms with Crippen LogP contribution in [-0.2, 0) is 0 Å². The van der Waals surface area contributed by atoms with Crippen molar-refractivity contribution in [1.29, 1.82) is 0 Å². The number of benzene rings is 1. The van der Waals surface area contributed by atoms with Crippen molar-refractivity contribution >= 4 is 0 Å². The molecule has 1 aromatic heterocycles. The third-order valence-corrected chi connectivity index (χ3v) is 1.77. The molecule has 1 heterocycles. The molecule has 0 saturated carbocycles. The van der Waals surface area contributed by atoms with Gasteiger partial charge in [-0.3, -0.25) is 0 Å². The van der Waals surface area contributed by atoms with Gasteiger partial charge in [-0.05, 0) is 18.2 Å². The Labute approximate surface area is 79.3 Å². The third kappa shape index (κ3) is 1.44. The SMILES string of the molecule is COc1ccc(-c2ncon2)cc1F. The van der Waals surface area contributed by atoms with Gasteiger partial charge in [0.05, 0.1) is 7.11 Å². The van der Waals surface area contributed by atoms with Crippen LogP contribution < -0.4 is 4.74 Å². The molecule has 14 heavy (non-hydrogen) atoms. The number of hydrogen-bond acceptors (Lipinski definition) is 4. The minimum absolute atomic E-state index is 0.192. The van der Waals surface area contributed by atoms with Crippen molar-refractivity contribution in [3.8, 4) is 17.1 Å². The fraction of sp³-hybridized carbons (Fsp3) is 0.111. The maximum absolute atomic E-state index is 13.2. The first kappa shape index (κ1) is 8.68. The Morgan fingerprint density at radius 3 is 2.86 bits per heavy atom. The van der Waals surface area contributed by atoms with E-state index in [0.717, 1.165) is 0 Å². The first-order valence-corrected chi connectivity index (χ1v) is 3.91. The smallest absolute Gasteiger partial charge is 0.214 e. The molecule has 2 aromatic rings. The van der Waals surface area contributed by atoms with E-state index in [1.807, 2.05) is 0 Å². The third-order valence-electron chi connectivity index (χ3n) is 1.77. The highest BCUT2D eigenvalue weighted by Crippen LogP contribution is 2.22. The van der Waals surface area contributed by atoms with Crippen LogP contribution in [0.15, 0.2) is 29.1 Å². The first-order valence-electron chi connectivity index (χ1n) is 3.91. The van der Waals surface area contributed by atoms with Gasteiger partial charge >= 0.3 is 0 Å². The number of ether oxygens (including phenoxy) is 1. The van der Waals surface area contributed by atoms with Crippen LogP contribution in [0.4, 0.5) is 4.39 Å². The minimum atomic E-state index is -0.449. The van der Waals surface area contributed by atoms with E-state index in [2.05, 4.69) is 14.7 Å². The molecule has 0 saturated heterocycles. The molecule has 0 unspecified atom stereocenters. The quantitative estimate of drug-likeness (QED) is 0.732. The Hall–Kier alpha value is -1.91. The maximum Gasteiger partial charge on any atom is 0.214 e. The van der Waals surface area contributed by atoms with Gasteiger partial charge in [0.1, 0.15) is 0 Å². The number of rotatable bonds is 2. The topological polar surface area (TPSA) is 48.2 Å². The summed E-state index contributed by atoms with van der Waals surface area (Å²) in [6, 6.07) is 4.47. The van der Waals surface area contributed by atoms with Crippen molar-refractivity contribution in [2.45, 2.75) is 0 Å². The molecule has 72 valence electrons. The summed E-state index contributed by atoms with van der Waals surface area (Å²) in [7, 11) is 1.41. The Bertz CT molecular complexity index is 428. The van der Waals surface area contributed by atoms with Crippen molar-refractivity contribution in [3.63, 3.8) is 0 Å². The van der Waals surface area contributed by atoms with Gasteiger partial charge in [0.15, 0.2) is 11.6 Å². The molecule has 0 aliphatic carbocycles. The van der Waals surface area contributed by atoms with E-state index in [-0.39, 0.29) is 5.75 Å². The summed E-state index contributed by atoms with van der Waals surface area (Å²) >= 11 is 0. The predicted octanol–water partition coefficient (Wildman–Crippen LogP) is 1.88. The minimum Gasteiger partial charge on any atom is -0.494 e. The van der Waals surface area contributed by atoms with E-state index < -0.39 is 5.82 Å². The molecule has 0 aliphatic rings. The Morgan fingerprint density at radius 1 is 1.43 bits per heavy atom. The van der Waals surface area contributed by atoms with Crippen LogP contribution in [0.5, 0.6) is 5.75 Å². The molecule has 2 rings (SSSR count). The van der Waals surface area contributed by atoms with Crippen LogP contribution in [0.1, 0.15) is 0 Å². The second kappa shape index (κ2) is 3.45. The lowest BCUT2D eigenvalue weighted by atomic mass is 10.2. The average molecular weight is 194 g/mol. The van der Waals surface area contributed by atoms with E-state index in [1.165, 1.54) is 25.6 Å². The number of aromatic nitrogens is 2. The summed E-state index contributed by atoms with van der Waals surface area (Å²) in [6.45, 7) is 0. The zero-order valence-corrected chi connectivity index (χ0v) is 7.40. The molecular formula is C9H7FN2O2. The highest BCUT2D eigenvalue weighted by Gasteiger charge is 2.07. The lowest BCUT2D eigenvalue weighted by Gasteiger charge is -2.01. The van der Waals surface area contributed by atoms with Crippen molar-refractivity contribution in [2.24, 2.45) is 0 Å². The van der Waals surface area contributed by atoms with Gasteiger partial charge in [0.2, 0.25) is 12.2 Å². The number of nitrogens with zero attached hydrogens (tertiary/aromatic N) is 2. The second-order valence-electron chi connectivity index (χ2n) is 2.60. The molecular weight excluding hydrogens is 187 g/mol. The van der Waals surface area contributed by atoms with Gasteiger partial charge < -0.3 is 9.26 Å². The Morgan fingerprint density at radius 2 is 2.29 bits per heavy atom. The maximum atomic E-state index is 13.2. The molecule has 0 aliphatic heterocycles. The van der Waals surface area contributed by atoms with Gasteiger partial charge in [-0.1, -0.05) is 5.16 Å². The average Bonchev–Trinajstić information content (AvgIpc) is 2.70. The van der Waals surface area contributed by atoms with Gasteiger partial charge in [0.25, 0.3) is 0 Å². The van der Waals surface area contributed by atoms with E-state index in [4.69, 9.17) is 4.74 Å². The van der Waals surface area contributed by atoms with Crippen molar-refractivity contribution in [2.75, 3.05) is 7.11 Å². The molecule has 0 atom stereocenters. The van der Waals surface area contributed by atoms with E-state index in [0.29, 0.717) is 11.4 Å². The van der Waals surface area contributed by atoms with Crippen molar-refractivity contribution in [3.05, 3.63) is 30.4 Å². The molecule has 0 amide bonds. The zero-order valence-electron chi connectivity index (χ0n) is 7.40. The Kier molecular flexibility index (Phi) is 2.14. The predicted molar refractivity (Wildman–Crippen MR) is 46.2 cm³/mol. The lowest BCUT2D eigenvalue weighted by Crippen LogP contribution is -1.89. The molecule has 4 nitrogen and oxygen atoms in total. The van der Waals surface area contributed by atoms with Crippen LogP contribution >= 0.6 is 0 Å². The van der Waals surface area contributed by atoms with E-state index in [1.54, 1.807) is 6.07 Å². The molecule has 0 spiro atoms. The summed E-state index contributed by atoms with van der Waals surface area (Å²) in [5.74, 6) is 0.0959. The number of hydrogen-bond donors (Lipinski definition) is 0.